The number of hydrogen-bond donors (Lipinski definition) is 2. The van der Waals surface area contributed by atoms with E-state index in [1.54, 1.807) is 0 Å². The van der Waals surface area contributed by atoms with Crippen molar-refractivity contribution in [2.75, 3.05) is 0 Å². The zero-order valence-electron chi connectivity index (χ0n) is 9.30. The van der Waals surface area contributed by atoms with E-state index in [-0.39, 0.29) is 6.04 Å². The lowest BCUT2D eigenvalue weighted by molar-refractivity contribution is 0.0381. The fourth-order valence-corrected chi connectivity index (χ4v) is 1.92. The molecule has 0 heterocycles. The van der Waals surface area contributed by atoms with Gasteiger partial charge in [-0.25, -0.2) is 0 Å². The van der Waals surface area contributed by atoms with Gasteiger partial charge in [-0.1, -0.05) is 13.3 Å². The topological polar surface area (TPSA) is 32.3 Å². The smallest absolute Gasteiger partial charge is 0.0741 e. The fourth-order valence-electron chi connectivity index (χ4n) is 1.92. The van der Waals surface area contributed by atoms with Gasteiger partial charge in [-0.05, 0) is 39.5 Å². The van der Waals surface area contributed by atoms with E-state index >= 15 is 0 Å². The highest BCUT2D eigenvalue weighted by atomic mass is 16.3. The predicted molar refractivity (Wildman–Crippen MR) is 55.7 cm³/mol. The Morgan fingerprint density at radius 2 is 2.00 bits per heavy atom. The number of hydrogen-bond acceptors (Lipinski definition) is 2. The molecule has 78 valence electrons. The molecule has 1 aliphatic rings. The van der Waals surface area contributed by atoms with Crippen LogP contribution in [0.1, 0.15) is 47.0 Å². The molecule has 0 aromatic rings. The summed E-state index contributed by atoms with van der Waals surface area (Å²) in [5, 5.41) is 13.3. The minimum atomic E-state index is -0.609. The largest absolute Gasteiger partial charge is 0.389 e. The van der Waals surface area contributed by atoms with Gasteiger partial charge in [0.2, 0.25) is 0 Å². The van der Waals surface area contributed by atoms with Gasteiger partial charge >= 0.3 is 0 Å². The van der Waals surface area contributed by atoms with Gasteiger partial charge in [0.15, 0.2) is 0 Å². The first-order chi connectivity index (χ1) is 5.91. The lowest BCUT2D eigenvalue weighted by Crippen LogP contribution is -2.49. The van der Waals surface area contributed by atoms with Crippen LogP contribution < -0.4 is 5.32 Å². The minimum Gasteiger partial charge on any atom is -0.389 e. The molecular weight excluding hydrogens is 162 g/mol. The normalized spacial score (nSPS) is 32.1. The van der Waals surface area contributed by atoms with E-state index in [4.69, 9.17) is 0 Å². The molecule has 1 fully saturated rings. The molecule has 0 radical (unpaired) electrons. The van der Waals surface area contributed by atoms with E-state index in [2.05, 4.69) is 19.2 Å². The molecule has 1 saturated carbocycles. The Labute approximate surface area is 81.7 Å². The molecule has 0 aromatic carbocycles. The average molecular weight is 185 g/mol. The van der Waals surface area contributed by atoms with Crippen molar-refractivity contribution in [2.45, 2.75) is 64.6 Å². The van der Waals surface area contributed by atoms with Crippen molar-refractivity contribution in [3.8, 4) is 0 Å². The zero-order valence-corrected chi connectivity index (χ0v) is 9.30. The monoisotopic (exact) mass is 185 g/mol. The third kappa shape index (κ3) is 2.96. The summed E-state index contributed by atoms with van der Waals surface area (Å²) in [6.45, 7) is 8.08. The molecule has 3 atom stereocenters. The number of rotatable bonds is 3. The molecule has 0 saturated heterocycles. The minimum absolute atomic E-state index is 0.179. The van der Waals surface area contributed by atoms with Crippen molar-refractivity contribution >= 4 is 0 Å². The Morgan fingerprint density at radius 3 is 2.38 bits per heavy atom. The quantitative estimate of drug-likeness (QED) is 0.704. The second kappa shape index (κ2) is 3.97. The Balaban J connectivity index is 2.40. The molecule has 3 unspecified atom stereocenters. The van der Waals surface area contributed by atoms with Crippen LogP contribution in [0.25, 0.3) is 0 Å². The van der Waals surface area contributed by atoms with Gasteiger partial charge in [-0.15, -0.1) is 0 Å². The van der Waals surface area contributed by atoms with E-state index in [0.717, 1.165) is 5.92 Å². The van der Waals surface area contributed by atoms with E-state index in [1.807, 2.05) is 13.8 Å². The van der Waals surface area contributed by atoms with Gasteiger partial charge in [-0.2, -0.15) is 0 Å². The Kier molecular flexibility index (Phi) is 3.36. The lowest BCUT2D eigenvalue weighted by atomic mass is 9.97. The highest BCUT2D eigenvalue weighted by Crippen LogP contribution is 2.26. The van der Waals surface area contributed by atoms with Crippen LogP contribution in [-0.2, 0) is 0 Å². The Bertz CT molecular complexity index is 162. The van der Waals surface area contributed by atoms with Crippen LogP contribution in [0.15, 0.2) is 0 Å². The number of nitrogens with one attached hydrogen (secondary N) is 1. The van der Waals surface area contributed by atoms with Gasteiger partial charge in [-0.3, -0.25) is 0 Å². The molecule has 0 aromatic heterocycles. The van der Waals surface area contributed by atoms with Crippen molar-refractivity contribution in [2.24, 2.45) is 5.92 Å². The first-order valence-electron chi connectivity index (χ1n) is 5.39. The van der Waals surface area contributed by atoms with E-state index < -0.39 is 5.60 Å². The van der Waals surface area contributed by atoms with Crippen molar-refractivity contribution in [1.82, 2.24) is 5.32 Å². The maximum absolute atomic E-state index is 9.77. The lowest BCUT2D eigenvalue weighted by Gasteiger charge is -2.31. The van der Waals surface area contributed by atoms with Gasteiger partial charge in [0, 0.05) is 12.1 Å². The summed E-state index contributed by atoms with van der Waals surface area (Å²) < 4.78 is 0. The van der Waals surface area contributed by atoms with Crippen LogP contribution in [-0.4, -0.2) is 22.8 Å². The van der Waals surface area contributed by atoms with Crippen molar-refractivity contribution in [3.05, 3.63) is 0 Å². The maximum Gasteiger partial charge on any atom is 0.0741 e. The molecule has 2 nitrogen and oxygen atoms in total. The number of aliphatic hydroxyl groups is 1. The van der Waals surface area contributed by atoms with Crippen LogP contribution in [0.2, 0.25) is 0 Å². The van der Waals surface area contributed by atoms with Crippen LogP contribution in [0.3, 0.4) is 0 Å². The van der Waals surface area contributed by atoms with Gasteiger partial charge in [0.1, 0.15) is 0 Å². The Morgan fingerprint density at radius 1 is 1.38 bits per heavy atom. The summed E-state index contributed by atoms with van der Waals surface area (Å²) in [5.41, 5.74) is -0.609. The molecule has 0 aliphatic heterocycles. The van der Waals surface area contributed by atoms with Crippen molar-refractivity contribution in [1.29, 1.82) is 0 Å². The summed E-state index contributed by atoms with van der Waals surface area (Å²) in [5.74, 6) is 0.768. The molecule has 0 bridgehead atoms. The molecule has 2 N–H and O–H groups in total. The SMILES string of the molecule is CC1CCCC1NC(C)C(C)(C)O. The molecular formula is C11H23NO. The maximum atomic E-state index is 9.77. The van der Waals surface area contributed by atoms with E-state index in [0.29, 0.717) is 6.04 Å². The van der Waals surface area contributed by atoms with Crippen LogP contribution in [0.5, 0.6) is 0 Å². The molecule has 1 rings (SSSR count). The first kappa shape index (κ1) is 11.0. The van der Waals surface area contributed by atoms with Crippen molar-refractivity contribution < 1.29 is 5.11 Å². The molecule has 0 spiro atoms. The summed E-state index contributed by atoms with van der Waals surface area (Å²) in [6.07, 6.45) is 3.93. The van der Waals surface area contributed by atoms with Gasteiger partial charge in [0.05, 0.1) is 5.60 Å². The first-order valence-corrected chi connectivity index (χ1v) is 5.39. The Hall–Kier alpha value is -0.0800. The predicted octanol–water partition coefficient (Wildman–Crippen LogP) is 1.92. The van der Waals surface area contributed by atoms with Crippen LogP contribution in [0.4, 0.5) is 0 Å². The summed E-state index contributed by atoms with van der Waals surface area (Å²) in [6, 6.07) is 0.791. The highest BCUT2D eigenvalue weighted by molar-refractivity contribution is 4.87. The standard InChI is InChI=1S/C11H23NO/c1-8-6-5-7-10(8)12-9(2)11(3,4)13/h8-10,12-13H,5-7H2,1-4H3. The fraction of sp³-hybridized carbons (Fsp3) is 1.00. The van der Waals surface area contributed by atoms with Crippen LogP contribution in [0, 0.1) is 5.92 Å². The second-order valence-electron chi connectivity index (χ2n) is 5.06. The van der Waals surface area contributed by atoms with E-state index in [1.165, 1.54) is 19.3 Å². The average Bonchev–Trinajstić information content (AvgIpc) is 2.34. The highest BCUT2D eigenvalue weighted by Gasteiger charge is 2.29. The zero-order chi connectivity index (χ0) is 10.1. The molecule has 13 heavy (non-hydrogen) atoms. The van der Waals surface area contributed by atoms with E-state index in [9.17, 15) is 5.11 Å². The third-order valence-corrected chi connectivity index (χ3v) is 3.39. The van der Waals surface area contributed by atoms with Gasteiger partial charge < -0.3 is 10.4 Å². The third-order valence-electron chi connectivity index (χ3n) is 3.39. The summed E-state index contributed by atoms with van der Waals surface area (Å²) >= 11 is 0. The van der Waals surface area contributed by atoms with Crippen LogP contribution >= 0.6 is 0 Å². The summed E-state index contributed by atoms with van der Waals surface area (Å²) in [4.78, 5) is 0. The van der Waals surface area contributed by atoms with Crippen molar-refractivity contribution in [3.63, 3.8) is 0 Å². The molecule has 2 heteroatoms. The summed E-state index contributed by atoms with van der Waals surface area (Å²) in [7, 11) is 0. The second-order valence-corrected chi connectivity index (χ2v) is 5.06. The molecule has 0 amide bonds. The van der Waals surface area contributed by atoms with Gasteiger partial charge in [0.25, 0.3) is 0 Å². The molecule has 1 aliphatic carbocycles.